The molecule has 2 heterocycles. The normalized spacial score (nSPS) is 22.4. The van der Waals surface area contributed by atoms with Crippen LogP contribution in [0.25, 0.3) is 0 Å². The molecule has 0 unspecified atom stereocenters. The standard InChI is InChI=1S/C15H19N3OS/c1-11-6-12(2)9-18(8-11)14(19)10-20-15-13(7-16)4-3-5-17-15/h3-5,11-12H,6,8-10H2,1-2H3/t11-,12+. The van der Waals surface area contributed by atoms with E-state index in [1.54, 1.807) is 18.3 Å². The first kappa shape index (κ1) is 14.9. The van der Waals surface area contributed by atoms with Crippen LogP contribution in [0.15, 0.2) is 23.4 Å². The molecule has 0 saturated carbocycles. The summed E-state index contributed by atoms with van der Waals surface area (Å²) in [4.78, 5) is 18.4. The van der Waals surface area contributed by atoms with E-state index in [9.17, 15) is 4.79 Å². The lowest BCUT2D eigenvalue weighted by Gasteiger charge is -2.35. The van der Waals surface area contributed by atoms with E-state index in [1.807, 2.05) is 4.90 Å². The monoisotopic (exact) mass is 289 g/mol. The first-order valence-corrected chi connectivity index (χ1v) is 7.84. The van der Waals surface area contributed by atoms with E-state index in [4.69, 9.17) is 5.26 Å². The number of carbonyl (C=O) groups excluding carboxylic acids is 1. The molecular weight excluding hydrogens is 270 g/mol. The Kier molecular flexibility index (Phi) is 5.02. The lowest BCUT2D eigenvalue weighted by molar-refractivity contribution is -0.130. The number of pyridine rings is 1. The Hall–Kier alpha value is -1.54. The van der Waals surface area contributed by atoms with E-state index in [-0.39, 0.29) is 5.91 Å². The summed E-state index contributed by atoms with van der Waals surface area (Å²) in [5, 5.41) is 9.64. The topological polar surface area (TPSA) is 57.0 Å². The fourth-order valence-electron chi connectivity index (χ4n) is 2.68. The van der Waals surface area contributed by atoms with E-state index in [0.717, 1.165) is 13.1 Å². The molecule has 0 radical (unpaired) electrons. The molecule has 0 bridgehead atoms. The zero-order valence-electron chi connectivity index (χ0n) is 11.9. The molecule has 0 N–H and O–H groups in total. The lowest BCUT2D eigenvalue weighted by Crippen LogP contribution is -2.43. The van der Waals surface area contributed by atoms with Gasteiger partial charge in [-0.05, 0) is 30.4 Å². The number of carbonyl (C=O) groups is 1. The van der Waals surface area contributed by atoms with Crippen LogP contribution in [0.1, 0.15) is 25.8 Å². The van der Waals surface area contributed by atoms with Crippen LogP contribution in [-0.2, 0) is 4.79 Å². The Bertz CT molecular complexity index is 516. The molecule has 2 rings (SSSR count). The van der Waals surface area contributed by atoms with E-state index in [0.29, 0.717) is 28.2 Å². The quantitative estimate of drug-likeness (QED) is 0.802. The predicted octanol–water partition coefficient (Wildman–Crippen LogP) is 2.55. The van der Waals surface area contributed by atoms with Crippen molar-refractivity contribution in [1.29, 1.82) is 5.26 Å². The van der Waals surface area contributed by atoms with Gasteiger partial charge >= 0.3 is 0 Å². The van der Waals surface area contributed by atoms with Crippen LogP contribution in [0.4, 0.5) is 0 Å². The number of hydrogen-bond acceptors (Lipinski definition) is 4. The highest BCUT2D eigenvalue weighted by molar-refractivity contribution is 7.99. The van der Waals surface area contributed by atoms with Crippen molar-refractivity contribution in [3.8, 4) is 6.07 Å². The summed E-state index contributed by atoms with van der Waals surface area (Å²) in [5.41, 5.74) is 0.533. The van der Waals surface area contributed by atoms with Gasteiger partial charge in [0, 0.05) is 19.3 Å². The van der Waals surface area contributed by atoms with Gasteiger partial charge in [0.1, 0.15) is 11.1 Å². The highest BCUT2D eigenvalue weighted by atomic mass is 32.2. The SMILES string of the molecule is C[C@@H]1C[C@H](C)CN(C(=O)CSc2ncccc2C#N)C1. The van der Waals surface area contributed by atoms with Crippen molar-refractivity contribution >= 4 is 17.7 Å². The maximum atomic E-state index is 12.3. The second-order valence-electron chi connectivity index (χ2n) is 5.50. The highest BCUT2D eigenvalue weighted by Gasteiger charge is 2.25. The van der Waals surface area contributed by atoms with Gasteiger partial charge in [0.15, 0.2) is 0 Å². The zero-order valence-corrected chi connectivity index (χ0v) is 12.7. The molecule has 5 heteroatoms. The summed E-state index contributed by atoms with van der Waals surface area (Å²) >= 11 is 1.35. The van der Waals surface area contributed by atoms with Crippen LogP contribution in [0.3, 0.4) is 0 Å². The van der Waals surface area contributed by atoms with Crippen LogP contribution < -0.4 is 0 Å². The summed E-state index contributed by atoms with van der Waals surface area (Å²) in [7, 11) is 0. The van der Waals surface area contributed by atoms with Crippen LogP contribution in [0, 0.1) is 23.2 Å². The molecule has 1 amide bonds. The maximum Gasteiger partial charge on any atom is 0.233 e. The van der Waals surface area contributed by atoms with Gasteiger partial charge in [-0.3, -0.25) is 4.79 Å². The van der Waals surface area contributed by atoms with Crippen molar-refractivity contribution in [2.75, 3.05) is 18.8 Å². The number of likely N-dealkylation sites (tertiary alicyclic amines) is 1. The molecule has 0 aromatic carbocycles. The van der Waals surface area contributed by atoms with Crippen LogP contribution in [0.5, 0.6) is 0 Å². The van der Waals surface area contributed by atoms with Crippen LogP contribution in [-0.4, -0.2) is 34.6 Å². The number of hydrogen-bond donors (Lipinski definition) is 0. The second kappa shape index (κ2) is 6.76. The average Bonchev–Trinajstić information content (AvgIpc) is 2.44. The summed E-state index contributed by atoms with van der Waals surface area (Å²) in [5.74, 6) is 1.63. The Morgan fingerprint density at radius 3 is 2.85 bits per heavy atom. The second-order valence-corrected chi connectivity index (χ2v) is 6.47. The molecule has 1 aromatic rings. The van der Waals surface area contributed by atoms with Crippen molar-refractivity contribution in [2.45, 2.75) is 25.3 Å². The minimum atomic E-state index is 0.142. The molecule has 2 atom stereocenters. The zero-order chi connectivity index (χ0) is 14.5. The summed E-state index contributed by atoms with van der Waals surface area (Å²) in [6, 6.07) is 5.57. The first-order valence-electron chi connectivity index (χ1n) is 6.85. The third kappa shape index (κ3) is 3.73. The van der Waals surface area contributed by atoms with Gasteiger partial charge in [0.2, 0.25) is 5.91 Å². The van der Waals surface area contributed by atoms with Gasteiger partial charge in [-0.1, -0.05) is 25.6 Å². The van der Waals surface area contributed by atoms with Crippen molar-refractivity contribution in [1.82, 2.24) is 9.88 Å². The molecule has 0 aliphatic carbocycles. The number of amides is 1. The average molecular weight is 289 g/mol. The number of piperidine rings is 1. The molecule has 4 nitrogen and oxygen atoms in total. The molecular formula is C15H19N3OS. The Balaban J connectivity index is 1.94. The first-order chi connectivity index (χ1) is 9.60. The highest BCUT2D eigenvalue weighted by Crippen LogP contribution is 2.24. The van der Waals surface area contributed by atoms with Gasteiger partial charge in [-0.25, -0.2) is 4.98 Å². The molecule has 1 aromatic heterocycles. The van der Waals surface area contributed by atoms with E-state index in [1.165, 1.54) is 18.2 Å². The van der Waals surface area contributed by atoms with Crippen molar-refractivity contribution in [2.24, 2.45) is 11.8 Å². The smallest absolute Gasteiger partial charge is 0.233 e. The van der Waals surface area contributed by atoms with Gasteiger partial charge in [0.05, 0.1) is 11.3 Å². The largest absolute Gasteiger partial charge is 0.341 e. The fourth-order valence-corrected chi connectivity index (χ4v) is 3.53. The number of rotatable bonds is 3. The van der Waals surface area contributed by atoms with E-state index < -0.39 is 0 Å². The summed E-state index contributed by atoms with van der Waals surface area (Å²) in [6.07, 6.45) is 2.84. The van der Waals surface area contributed by atoms with Crippen molar-refractivity contribution in [3.05, 3.63) is 23.9 Å². The third-order valence-electron chi connectivity index (χ3n) is 3.45. The van der Waals surface area contributed by atoms with Gasteiger partial charge in [0.25, 0.3) is 0 Å². The Labute approximate surface area is 124 Å². The molecule has 0 spiro atoms. The molecule has 1 fully saturated rings. The predicted molar refractivity (Wildman–Crippen MR) is 79.2 cm³/mol. The summed E-state index contributed by atoms with van der Waals surface area (Å²) in [6.45, 7) is 6.07. The Morgan fingerprint density at radius 1 is 1.50 bits per heavy atom. The molecule has 106 valence electrons. The minimum Gasteiger partial charge on any atom is -0.341 e. The fraction of sp³-hybridized carbons (Fsp3) is 0.533. The molecule has 1 saturated heterocycles. The van der Waals surface area contributed by atoms with Crippen LogP contribution >= 0.6 is 11.8 Å². The number of aromatic nitrogens is 1. The number of nitrogens with zero attached hydrogens (tertiary/aromatic N) is 3. The van der Waals surface area contributed by atoms with Gasteiger partial charge < -0.3 is 4.90 Å². The molecule has 1 aliphatic heterocycles. The maximum absolute atomic E-state index is 12.3. The molecule has 1 aliphatic rings. The number of thioether (sulfide) groups is 1. The van der Waals surface area contributed by atoms with E-state index in [2.05, 4.69) is 24.9 Å². The van der Waals surface area contributed by atoms with Gasteiger partial charge in [-0.15, -0.1) is 0 Å². The van der Waals surface area contributed by atoms with Crippen molar-refractivity contribution in [3.63, 3.8) is 0 Å². The van der Waals surface area contributed by atoms with E-state index >= 15 is 0 Å². The lowest BCUT2D eigenvalue weighted by atomic mass is 9.92. The Morgan fingerprint density at radius 2 is 2.20 bits per heavy atom. The summed E-state index contributed by atoms with van der Waals surface area (Å²) < 4.78 is 0. The molecule has 20 heavy (non-hydrogen) atoms. The van der Waals surface area contributed by atoms with Crippen molar-refractivity contribution < 1.29 is 4.79 Å². The van der Waals surface area contributed by atoms with Gasteiger partial charge in [-0.2, -0.15) is 5.26 Å². The van der Waals surface area contributed by atoms with Crippen LogP contribution in [0.2, 0.25) is 0 Å². The number of nitriles is 1. The third-order valence-corrected chi connectivity index (χ3v) is 4.44. The minimum absolute atomic E-state index is 0.142.